The first kappa shape index (κ1) is 26.4. The number of hydrogen-bond acceptors (Lipinski definition) is 5. The monoisotopic (exact) mass is 511 g/mol. The van der Waals surface area contributed by atoms with Crippen LogP contribution >= 0.6 is 0 Å². The highest BCUT2D eigenvalue weighted by molar-refractivity contribution is 5.87. The number of carbonyl (C=O) groups is 2. The van der Waals surface area contributed by atoms with E-state index in [2.05, 4.69) is 5.32 Å². The van der Waals surface area contributed by atoms with Crippen LogP contribution in [-0.4, -0.2) is 28.1 Å². The lowest BCUT2D eigenvalue weighted by Crippen LogP contribution is -2.44. The van der Waals surface area contributed by atoms with Crippen LogP contribution in [0.3, 0.4) is 0 Å². The first-order valence-corrected chi connectivity index (χ1v) is 12.2. The summed E-state index contributed by atoms with van der Waals surface area (Å²) in [6.45, 7) is 0.640. The summed E-state index contributed by atoms with van der Waals surface area (Å²) in [5.74, 6) is -1.02. The largest absolute Gasteiger partial charge is 0.485 e. The quantitative estimate of drug-likeness (QED) is 0.255. The van der Waals surface area contributed by atoms with E-state index in [0.717, 1.165) is 11.1 Å². The smallest absolute Gasteiger partial charge is 0.326 e. The van der Waals surface area contributed by atoms with Crippen molar-refractivity contribution in [3.05, 3.63) is 131 Å². The molecule has 0 unspecified atom stereocenters. The molecule has 7 heteroatoms. The number of benzene rings is 4. The highest BCUT2D eigenvalue weighted by Gasteiger charge is 2.25. The van der Waals surface area contributed by atoms with Crippen molar-refractivity contribution in [3.8, 4) is 11.5 Å². The number of aliphatic hydroxyl groups excluding tert-OH is 1. The third kappa shape index (κ3) is 7.44. The minimum atomic E-state index is -1.48. The van der Waals surface area contributed by atoms with Gasteiger partial charge in [-0.2, -0.15) is 0 Å². The molecule has 0 spiro atoms. The van der Waals surface area contributed by atoms with E-state index in [4.69, 9.17) is 9.47 Å². The molecule has 0 heterocycles. The second kappa shape index (κ2) is 13.1. The predicted molar refractivity (Wildman–Crippen MR) is 143 cm³/mol. The molecule has 194 valence electrons. The Labute approximate surface area is 221 Å². The zero-order chi connectivity index (χ0) is 26.7. The minimum absolute atomic E-state index is 0.0107. The van der Waals surface area contributed by atoms with Gasteiger partial charge in [-0.1, -0.05) is 97.1 Å². The van der Waals surface area contributed by atoms with Crippen LogP contribution < -0.4 is 14.8 Å². The standard InChI is InChI=1S/C31H29NO6/c33-29(25-14-8-3-9-15-25)30(34)32-26(31(35)36)18-24-16-17-27(37-20-22-10-4-1-5-11-22)28(19-24)38-21-23-12-6-2-7-13-23/h1-17,19,26,29,33H,18,20-21H2,(H,32,34)(H,35,36)/t26-,29+/m1/s1. The molecule has 0 radical (unpaired) electrons. The van der Waals surface area contributed by atoms with Gasteiger partial charge in [0.25, 0.3) is 5.91 Å². The summed E-state index contributed by atoms with van der Waals surface area (Å²) < 4.78 is 12.1. The summed E-state index contributed by atoms with van der Waals surface area (Å²) >= 11 is 0. The van der Waals surface area contributed by atoms with Gasteiger partial charge in [-0.3, -0.25) is 4.79 Å². The lowest BCUT2D eigenvalue weighted by molar-refractivity contribution is -0.143. The summed E-state index contributed by atoms with van der Waals surface area (Å²) in [4.78, 5) is 24.5. The third-order valence-electron chi connectivity index (χ3n) is 5.90. The molecule has 2 atom stereocenters. The molecule has 4 aromatic rings. The molecule has 0 aliphatic carbocycles. The minimum Gasteiger partial charge on any atom is -0.485 e. The van der Waals surface area contributed by atoms with Crippen molar-refractivity contribution >= 4 is 11.9 Å². The van der Waals surface area contributed by atoms with E-state index in [1.165, 1.54) is 0 Å². The SMILES string of the molecule is O=C(N[C@H](Cc1ccc(OCc2ccccc2)c(OCc2ccccc2)c1)C(=O)O)[C@@H](O)c1ccccc1. The number of ether oxygens (including phenoxy) is 2. The zero-order valence-corrected chi connectivity index (χ0v) is 20.7. The van der Waals surface area contributed by atoms with Crippen molar-refractivity contribution < 1.29 is 29.3 Å². The van der Waals surface area contributed by atoms with Crippen LogP contribution in [0.25, 0.3) is 0 Å². The average Bonchev–Trinajstić information content (AvgIpc) is 2.96. The number of amides is 1. The highest BCUT2D eigenvalue weighted by Crippen LogP contribution is 2.31. The van der Waals surface area contributed by atoms with Gasteiger partial charge in [-0.15, -0.1) is 0 Å². The normalized spacial score (nSPS) is 12.2. The first-order chi connectivity index (χ1) is 18.5. The van der Waals surface area contributed by atoms with Crippen molar-refractivity contribution in [1.82, 2.24) is 5.32 Å². The van der Waals surface area contributed by atoms with Crippen molar-refractivity contribution in [2.45, 2.75) is 31.8 Å². The lowest BCUT2D eigenvalue weighted by Gasteiger charge is -2.19. The molecule has 38 heavy (non-hydrogen) atoms. The van der Waals surface area contributed by atoms with Gasteiger partial charge in [0.05, 0.1) is 0 Å². The van der Waals surface area contributed by atoms with Gasteiger partial charge in [-0.25, -0.2) is 4.79 Å². The van der Waals surface area contributed by atoms with E-state index in [-0.39, 0.29) is 6.42 Å². The number of hydrogen-bond donors (Lipinski definition) is 3. The average molecular weight is 512 g/mol. The van der Waals surface area contributed by atoms with Crippen LogP contribution in [0.4, 0.5) is 0 Å². The number of nitrogens with one attached hydrogen (secondary N) is 1. The van der Waals surface area contributed by atoms with Gasteiger partial charge in [-0.05, 0) is 34.4 Å². The topological polar surface area (TPSA) is 105 Å². The van der Waals surface area contributed by atoms with Crippen LogP contribution in [0, 0.1) is 0 Å². The van der Waals surface area contributed by atoms with Crippen molar-refractivity contribution in [2.24, 2.45) is 0 Å². The van der Waals surface area contributed by atoms with E-state index >= 15 is 0 Å². The lowest BCUT2D eigenvalue weighted by atomic mass is 10.0. The molecule has 0 fully saturated rings. The Kier molecular flexibility index (Phi) is 9.10. The van der Waals surface area contributed by atoms with E-state index in [9.17, 15) is 19.8 Å². The molecule has 4 rings (SSSR count). The van der Waals surface area contributed by atoms with Gasteiger partial charge in [0.1, 0.15) is 19.3 Å². The molecular formula is C31H29NO6. The number of rotatable bonds is 12. The molecule has 0 aliphatic rings. The van der Waals surface area contributed by atoms with Gasteiger partial charge >= 0.3 is 5.97 Å². The Morgan fingerprint density at radius 1 is 0.684 bits per heavy atom. The van der Waals surface area contributed by atoms with Gasteiger partial charge < -0.3 is 25.0 Å². The molecule has 0 aliphatic heterocycles. The number of carbonyl (C=O) groups excluding carboxylic acids is 1. The molecule has 0 bridgehead atoms. The van der Waals surface area contributed by atoms with Crippen LogP contribution in [0.15, 0.2) is 109 Å². The fourth-order valence-electron chi connectivity index (χ4n) is 3.86. The fourth-order valence-corrected chi connectivity index (χ4v) is 3.86. The van der Waals surface area contributed by atoms with Crippen LogP contribution in [0.2, 0.25) is 0 Å². The molecular weight excluding hydrogens is 482 g/mol. The Balaban J connectivity index is 1.50. The highest BCUT2D eigenvalue weighted by atomic mass is 16.5. The Bertz CT molecular complexity index is 1330. The predicted octanol–water partition coefficient (Wildman–Crippen LogP) is 4.69. The number of carboxylic acids is 1. The van der Waals surface area contributed by atoms with Crippen molar-refractivity contribution in [1.29, 1.82) is 0 Å². The summed E-state index contributed by atoms with van der Waals surface area (Å²) in [5, 5.41) is 22.6. The van der Waals surface area contributed by atoms with E-state index in [0.29, 0.717) is 35.8 Å². The van der Waals surface area contributed by atoms with Crippen molar-refractivity contribution in [2.75, 3.05) is 0 Å². The molecule has 7 nitrogen and oxygen atoms in total. The molecule has 4 aromatic carbocycles. The molecule has 3 N–H and O–H groups in total. The number of aliphatic hydroxyl groups is 1. The summed E-state index contributed by atoms with van der Waals surface area (Å²) in [6, 6.07) is 31.7. The maximum Gasteiger partial charge on any atom is 0.326 e. The second-order valence-electron chi connectivity index (χ2n) is 8.75. The maximum absolute atomic E-state index is 12.6. The van der Waals surface area contributed by atoms with E-state index in [1.807, 2.05) is 60.7 Å². The van der Waals surface area contributed by atoms with E-state index < -0.39 is 24.0 Å². The number of carboxylic acid groups (broad SMARTS) is 1. The Morgan fingerprint density at radius 3 is 1.76 bits per heavy atom. The Hall–Kier alpha value is -4.62. The summed E-state index contributed by atoms with van der Waals surface area (Å²) in [5.41, 5.74) is 2.97. The van der Waals surface area contributed by atoms with Gasteiger partial charge in [0.15, 0.2) is 17.6 Å². The Morgan fingerprint density at radius 2 is 1.21 bits per heavy atom. The molecule has 0 aromatic heterocycles. The van der Waals surface area contributed by atoms with Crippen LogP contribution in [-0.2, 0) is 29.2 Å². The second-order valence-corrected chi connectivity index (χ2v) is 8.75. The molecule has 1 amide bonds. The third-order valence-corrected chi connectivity index (χ3v) is 5.90. The van der Waals surface area contributed by atoms with E-state index in [1.54, 1.807) is 48.5 Å². The zero-order valence-electron chi connectivity index (χ0n) is 20.7. The maximum atomic E-state index is 12.6. The number of aliphatic carboxylic acids is 1. The van der Waals surface area contributed by atoms with Crippen molar-refractivity contribution in [3.63, 3.8) is 0 Å². The van der Waals surface area contributed by atoms with Crippen LogP contribution in [0.1, 0.15) is 28.4 Å². The van der Waals surface area contributed by atoms with Crippen LogP contribution in [0.5, 0.6) is 11.5 Å². The summed E-state index contributed by atoms with van der Waals surface area (Å²) in [7, 11) is 0. The van der Waals surface area contributed by atoms with Gasteiger partial charge in [0.2, 0.25) is 0 Å². The molecule has 0 saturated carbocycles. The first-order valence-electron chi connectivity index (χ1n) is 12.2. The summed E-state index contributed by atoms with van der Waals surface area (Å²) in [6.07, 6.45) is -1.49. The molecule has 0 saturated heterocycles. The van der Waals surface area contributed by atoms with Gasteiger partial charge in [0, 0.05) is 6.42 Å². The fraction of sp³-hybridized carbons (Fsp3) is 0.161.